The molecule has 1 aliphatic heterocycles. The number of amides is 1. The predicted octanol–water partition coefficient (Wildman–Crippen LogP) is 4.87. The van der Waals surface area contributed by atoms with Crippen LogP contribution in [0.5, 0.6) is 23.0 Å². The summed E-state index contributed by atoms with van der Waals surface area (Å²) in [5.74, 6) is 0.773. The molecule has 4 rings (SSSR count). The van der Waals surface area contributed by atoms with E-state index in [4.69, 9.17) is 9.47 Å². The summed E-state index contributed by atoms with van der Waals surface area (Å²) in [6.45, 7) is 4.09. The van der Waals surface area contributed by atoms with Gasteiger partial charge >= 0.3 is 0 Å². The molecule has 160 valence electrons. The molecule has 1 amide bonds. The molecule has 0 atom stereocenters. The first-order valence-electron chi connectivity index (χ1n) is 9.93. The smallest absolute Gasteiger partial charge is 0.259 e. The zero-order chi connectivity index (χ0) is 22.0. The second kappa shape index (κ2) is 8.41. The van der Waals surface area contributed by atoms with Gasteiger partial charge in [-0.1, -0.05) is 44.2 Å². The van der Waals surface area contributed by atoms with E-state index in [1.807, 2.05) is 6.07 Å². The summed E-state index contributed by atoms with van der Waals surface area (Å²) in [4.78, 5) is 12.8. The third-order valence-electron chi connectivity index (χ3n) is 4.94. The molecule has 7 nitrogen and oxygen atoms in total. The molecule has 0 aromatic heterocycles. The lowest BCUT2D eigenvalue weighted by Crippen LogP contribution is -2.31. The van der Waals surface area contributed by atoms with Crippen molar-refractivity contribution in [3.63, 3.8) is 0 Å². The number of hydrogen-bond acceptors (Lipinski definition) is 5. The van der Waals surface area contributed by atoms with Gasteiger partial charge in [0, 0.05) is 19.2 Å². The van der Waals surface area contributed by atoms with Gasteiger partial charge in [0.2, 0.25) is 10.0 Å². The van der Waals surface area contributed by atoms with Gasteiger partial charge in [-0.2, -0.15) is 4.31 Å². The maximum absolute atomic E-state index is 13.4. The van der Waals surface area contributed by atoms with Crippen molar-refractivity contribution >= 4 is 21.6 Å². The molecule has 1 heterocycles. The van der Waals surface area contributed by atoms with Crippen molar-refractivity contribution in [2.45, 2.75) is 18.7 Å². The van der Waals surface area contributed by atoms with Gasteiger partial charge in [-0.3, -0.25) is 4.79 Å². The number of rotatable bonds is 6. The lowest BCUT2D eigenvalue weighted by atomic mass is 10.1. The zero-order valence-electron chi connectivity index (χ0n) is 17.2. The van der Waals surface area contributed by atoms with E-state index in [1.165, 1.54) is 16.4 Å². The summed E-state index contributed by atoms with van der Waals surface area (Å²) in [7, 11) is -3.92. The minimum absolute atomic E-state index is 0.0871. The molecule has 3 aromatic rings. The fourth-order valence-electron chi connectivity index (χ4n) is 3.37. The number of hydrogen-bond donors (Lipinski definition) is 1. The van der Waals surface area contributed by atoms with E-state index in [0.29, 0.717) is 17.2 Å². The first-order chi connectivity index (χ1) is 14.9. The number of nitrogens with zero attached hydrogens (tertiary/aromatic N) is 1. The van der Waals surface area contributed by atoms with Crippen LogP contribution in [-0.4, -0.2) is 31.7 Å². The molecule has 0 fully saturated rings. The maximum atomic E-state index is 13.4. The highest BCUT2D eigenvalue weighted by atomic mass is 32.2. The van der Waals surface area contributed by atoms with Crippen LogP contribution in [0.4, 0.5) is 5.69 Å². The van der Waals surface area contributed by atoms with Gasteiger partial charge in [-0.15, -0.1) is 0 Å². The Morgan fingerprint density at radius 3 is 2.32 bits per heavy atom. The summed E-state index contributed by atoms with van der Waals surface area (Å²) in [6.07, 6.45) is 0. The van der Waals surface area contributed by atoms with Crippen LogP contribution in [0, 0.1) is 0 Å². The molecule has 0 saturated heterocycles. The van der Waals surface area contributed by atoms with Crippen molar-refractivity contribution in [3.05, 3.63) is 72.3 Å². The lowest BCUT2D eigenvalue weighted by molar-refractivity contribution is 0.102. The third-order valence-corrected chi connectivity index (χ3v) is 7.01. The summed E-state index contributed by atoms with van der Waals surface area (Å²) in [6, 6.07) is 18.6. The van der Waals surface area contributed by atoms with Crippen LogP contribution in [0.15, 0.2) is 71.6 Å². The van der Waals surface area contributed by atoms with Gasteiger partial charge in [0.25, 0.3) is 5.91 Å². The average Bonchev–Trinajstić information content (AvgIpc) is 2.89. The fraction of sp³-hybridized carbons (Fsp3) is 0.174. The quantitative estimate of drug-likeness (QED) is 0.594. The highest BCUT2D eigenvalue weighted by Crippen LogP contribution is 2.41. The standard InChI is InChI=1S/C23H22N2O5S/c1-3-25(4-2)31(27,28)22-14-17-20(15-21(22)29-16-10-6-5-7-11-16)30-19-13-9-8-12-18(19)24-23(17)26/h5-15H,3-4H2,1-2H3,(H,24,26). The largest absolute Gasteiger partial charge is 0.456 e. The highest BCUT2D eigenvalue weighted by molar-refractivity contribution is 7.89. The van der Waals surface area contributed by atoms with E-state index in [0.717, 1.165) is 0 Å². The normalized spacial score (nSPS) is 12.9. The lowest BCUT2D eigenvalue weighted by Gasteiger charge is -2.21. The number of sulfonamides is 1. The van der Waals surface area contributed by atoms with Crippen LogP contribution in [0.25, 0.3) is 0 Å². The minimum atomic E-state index is -3.92. The van der Waals surface area contributed by atoms with E-state index in [1.54, 1.807) is 62.4 Å². The molecule has 0 radical (unpaired) electrons. The number of para-hydroxylation sites is 3. The Balaban J connectivity index is 1.90. The number of fused-ring (bicyclic) bond motifs is 2. The van der Waals surface area contributed by atoms with Gasteiger partial charge in [-0.05, 0) is 30.3 Å². The van der Waals surface area contributed by atoms with Crippen molar-refractivity contribution in [2.24, 2.45) is 0 Å². The van der Waals surface area contributed by atoms with E-state index >= 15 is 0 Å². The SMILES string of the molecule is CCN(CC)S(=O)(=O)c1cc2c(cc1Oc1ccccc1)Oc1ccccc1NC2=O. The monoisotopic (exact) mass is 438 g/mol. The molecule has 0 aliphatic carbocycles. The predicted molar refractivity (Wildman–Crippen MR) is 118 cm³/mol. The van der Waals surface area contributed by atoms with Gasteiger partial charge in [0.15, 0.2) is 11.5 Å². The van der Waals surface area contributed by atoms with Crippen molar-refractivity contribution in [1.82, 2.24) is 4.31 Å². The van der Waals surface area contributed by atoms with Crippen LogP contribution in [0.2, 0.25) is 0 Å². The van der Waals surface area contributed by atoms with Gasteiger partial charge in [0.1, 0.15) is 16.4 Å². The van der Waals surface area contributed by atoms with Crippen LogP contribution in [-0.2, 0) is 10.0 Å². The fourth-order valence-corrected chi connectivity index (χ4v) is 4.95. The maximum Gasteiger partial charge on any atom is 0.259 e. The Labute approximate surface area is 181 Å². The summed E-state index contributed by atoms with van der Waals surface area (Å²) >= 11 is 0. The van der Waals surface area contributed by atoms with Crippen molar-refractivity contribution in [3.8, 4) is 23.0 Å². The Bertz CT molecular complexity index is 1220. The van der Waals surface area contributed by atoms with Gasteiger partial charge in [0.05, 0.1) is 11.3 Å². The van der Waals surface area contributed by atoms with E-state index in [2.05, 4.69) is 5.32 Å². The van der Waals surface area contributed by atoms with Crippen LogP contribution in [0.1, 0.15) is 24.2 Å². The van der Waals surface area contributed by atoms with Crippen molar-refractivity contribution in [1.29, 1.82) is 0 Å². The molecular formula is C23H22N2O5S. The van der Waals surface area contributed by atoms with E-state index in [9.17, 15) is 13.2 Å². The van der Waals surface area contributed by atoms with Gasteiger partial charge < -0.3 is 14.8 Å². The van der Waals surface area contributed by atoms with Crippen LogP contribution >= 0.6 is 0 Å². The Morgan fingerprint density at radius 1 is 0.935 bits per heavy atom. The summed E-state index contributed by atoms with van der Waals surface area (Å²) in [5, 5.41) is 2.77. The van der Waals surface area contributed by atoms with Crippen LogP contribution in [0.3, 0.4) is 0 Å². The first-order valence-corrected chi connectivity index (χ1v) is 11.4. The average molecular weight is 439 g/mol. The molecule has 0 bridgehead atoms. The molecule has 3 aromatic carbocycles. The molecule has 1 N–H and O–H groups in total. The minimum Gasteiger partial charge on any atom is -0.456 e. The van der Waals surface area contributed by atoms with Crippen molar-refractivity contribution in [2.75, 3.05) is 18.4 Å². The Morgan fingerprint density at radius 2 is 1.61 bits per heavy atom. The van der Waals surface area contributed by atoms with E-state index < -0.39 is 15.9 Å². The molecule has 1 aliphatic rings. The second-order valence-corrected chi connectivity index (χ2v) is 8.76. The molecule has 8 heteroatoms. The number of anilines is 1. The topological polar surface area (TPSA) is 84.9 Å². The first kappa shape index (κ1) is 20.9. The second-order valence-electron chi connectivity index (χ2n) is 6.85. The third kappa shape index (κ3) is 3.99. The van der Waals surface area contributed by atoms with Crippen LogP contribution < -0.4 is 14.8 Å². The Kier molecular flexibility index (Phi) is 5.67. The molecule has 31 heavy (non-hydrogen) atoms. The molecular weight excluding hydrogens is 416 g/mol. The molecule has 0 spiro atoms. The van der Waals surface area contributed by atoms with Crippen molar-refractivity contribution < 1.29 is 22.7 Å². The number of ether oxygens (including phenoxy) is 2. The number of nitrogens with one attached hydrogen (secondary N) is 1. The highest BCUT2D eigenvalue weighted by Gasteiger charge is 2.31. The number of benzene rings is 3. The van der Waals surface area contributed by atoms with E-state index in [-0.39, 0.29) is 35.0 Å². The van der Waals surface area contributed by atoms with Gasteiger partial charge in [-0.25, -0.2) is 8.42 Å². The summed E-state index contributed by atoms with van der Waals surface area (Å²) in [5.41, 5.74) is 0.615. The number of carbonyl (C=O) groups is 1. The molecule has 0 unspecified atom stereocenters. The zero-order valence-corrected chi connectivity index (χ0v) is 18.0. The Hall–Kier alpha value is -3.36. The molecule has 0 saturated carbocycles. The number of carbonyl (C=O) groups excluding carboxylic acids is 1. The summed E-state index contributed by atoms with van der Waals surface area (Å²) < 4.78 is 40.0.